The van der Waals surface area contributed by atoms with Gasteiger partial charge in [-0.2, -0.15) is 4.31 Å². The maximum atomic E-state index is 13.5. The molecule has 0 atom stereocenters. The second-order valence-electron chi connectivity index (χ2n) is 11.3. The number of rotatable bonds is 9. The molecular formula is C29H38N6O5S. The van der Waals surface area contributed by atoms with E-state index in [4.69, 9.17) is 0 Å². The molecule has 2 aromatic heterocycles. The smallest absolute Gasteiger partial charge is 0.255 e. The number of H-pyrrole nitrogens is 1. The molecule has 0 aliphatic heterocycles. The zero-order valence-electron chi connectivity index (χ0n) is 24.5. The van der Waals surface area contributed by atoms with E-state index in [1.807, 2.05) is 37.4 Å². The highest BCUT2D eigenvalue weighted by molar-refractivity contribution is 7.89. The van der Waals surface area contributed by atoms with Crippen LogP contribution in [0.3, 0.4) is 0 Å². The number of aryl methyl sites for hydroxylation is 3. The Morgan fingerprint density at radius 1 is 0.976 bits per heavy atom. The molecule has 0 saturated heterocycles. The first-order valence-corrected chi connectivity index (χ1v) is 14.8. The lowest BCUT2D eigenvalue weighted by atomic mass is 9.93. The fraction of sp³-hybridized carbons (Fsp3) is 0.414. The molecule has 0 saturated carbocycles. The number of benzene rings is 2. The van der Waals surface area contributed by atoms with Gasteiger partial charge in [-0.1, -0.05) is 32.9 Å². The van der Waals surface area contributed by atoms with Crippen molar-refractivity contribution in [2.24, 2.45) is 0 Å². The summed E-state index contributed by atoms with van der Waals surface area (Å²) in [4.78, 5) is 13.4. The molecule has 0 spiro atoms. The number of fused-ring (bicyclic) bond motifs is 1. The van der Waals surface area contributed by atoms with Crippen molar-refractivity contribution in [3.05, 3.63) is 63.8 Å². The number of anilines is 1. The third-order valence-electron chi connectivity index (χ3n) is 7.20. The fourth-order valence-electron chi connectivity index (χ4n) is 4.97. The molecule has 0 fully saturated rings. The van der Waals surface area contributed by atoms with Gasteiger partial charge in [0, 0.05) is 47.1 Å². The van der Waals surface area contributed by atoms with Crippen molar-refractivity contribution < 1.29 is 23.4 Å². The number of aliphatic hydroxyl groups is 2. The molecule has 11 nitrogen and oxygen atoms in total. The largest absolute Gasteiger partial charge is 0.395 e. The van der Waals surface area contributed by atoms with Crippen LogP contribution in [0.5, 0.6) is 0 Å². The van der Waals surface area contributed by atoms with Crippen molar-refractivity contribution in [1.82, 2.24) is 24.1 Å². The molecule has 0 aliphatic carbocycles. The number of aromatic amines is 1. The highest BCUT2D eigenvalue weighted by Gasteiger charge is 2.27. The van der Waals surface area contributed by atoms with Crippen molar-refractivity contribution in [3.8, 4) is 11.4 Å². The molecule has 41 heavy (non-hydrogen) atoms. The summed E-state index contributed by atoms with van der Waals surface area (Å²) < 4.78 is 29.5. The number of hydrogen-bond acceptors (Lipinski definition) is 7. The van der Waals surface area contributed by atoms with Crippen molar-refractivity contribution in [2.75, 3.05) is 31.6 Å². The molecule has 220 valence electrons. The highest BCUT2D eigenvalue weighted by atomic mass is 32.2. The van der Waals surface area contributed by atoms with Crippen LogP contribution in [-0.4, -0.2) is 75.0 Å². The van der Waals surface area contributed by atoms with Gasteiger partial charge in [0.05, 0.1) is 18.1 Å². The lowest BCUT2D eigenvalue weighted by molar-refractivity contribution is 0.102. The van der Waals surface area contributed by atoms with E-state index in [0.29, 0.717) is 22.7 Å². The predicted octanol–water partition coefficient (Wildman–Crippen LogP) is 3.48. The molecule has 4 N–H and O–H groups in total. The van der Waals surface area contributed by atoms with E-state index in [9.17, 15) is 23.4 Å². The standard InChI is InChI=1S/C29H38N6O5S/c1-17-8-9-21(15-22(17)41(39,40)34(10-12-36)11-13-37)28(38)30-26-19(3)14-18(2)25(20(26)4)27-32-31-24-16-23(29(5,6)7)33-35(24)27/h8-9,14-16,33,36-37H,10-13H2,1-7H3,(H,30,38). The Morgan fingerprint density at radius 2 is 1.63 bits per heavy atom. The highest BCUT2D eigenvalue weighted by Crippen LogP contribution is 2.35. The zero-order chi connectivity index (χ0) is 30.3. The van der Waals surface area contributed by atoms with Gasteiger partial charge in [-0.05, 0) is 62.1 Å². The Labute approximate surface area is 240 Å². The normalized spacial score (nSPS) is 12.4. The first-order chi connectivity index (χ1) is 19.2. The van der Waals surface area contributed by atoms with Gasteiger partial charge in [0.2, 0.25) is 10.0 Å². The van der Waals surface area contributed by atoms with Crippen molar-refractivity contribution >= 4 is 27.3 Å². The Hall–Kier alpha value is -3.58. The minimum absolute atomic E-state index is 0.0580. The monoisotopic (exact) mass is 582 g/mol. The van der Waals surface area contributed by atoms with Crippen molar-refractivity contribution in [1.29, 1.82) is 0 Å². The van der Waals surface area contributed by atoms with E-state index in [1.165, 1.54) is 6.07 Å². The molecule has 0 radical (unpaired) electrons. The zero-order valence-corrected chi connectivity index (χ0v) is 25.3. The minimum Gasteiger partial charge on any atom is -0.395 e. The fourth-order valence-corrected chi connectivity index (χ4v) is 6.64. The molecule has 1 amide bonds. The second-order valence-corrected chi connectivity index (χ2v) is 13.2. The topological polar surface area (TPSA) is 153 Å². The van der Waals surface area contributed by atoms with Crippen LogP contribution in [0.25, 0.3) is 17.0 Å². The van der Waals surface area contributed by atoms with Gasteiger partial charge in [0.25, 0.3) is 5.91 Å². The van der Waals surface area contributed by atoms with Gasteiger partial charge < -0.3 is 15.5 Å². The minimum atomic E-state index is -4.06. The second kappa shape index (κ2) is 11.4. The van der Waals surface area contributed by atoms with Crippen molar-refractivity contribution in [3.63, 3.8) is 0 Å². The molecule has 0 aliphatic rings. The molecule has 4 aromatic rings. The third-order valence-corrected chi connectivity index (χ3v) is 9.24. The molecular weight excluding hydrogens is 544 g/mol. The van der Waals surface area contributed by atoms with Crippen LogP contribution in [0.15, 0.2) is 35.2 Å². The Balaban J connectivity index is 1.74. The van der Waals surface area contributed by atoms with Crippen LogP contribution >= 0.6 is 0 Å². The number of carbonyl (C=O) groups is 1. The van der Waals surface area contributed by atoms with E-state index in [-0.39, 0.29) is 29.0 Å². The van der Waals surface area contributed by atoms with Gasteiger partial charge in [-0.3, -0.25) is 9.89 Å². The number of amides is 1. The summed E-state index contributed by atoms with van der Waals surface area (Å²) in [6.07, 6.45) is 0. The third kappa shape index (κ3) is 5.78. The van der Waals surface area contributed by atoms with Crippen LogP contribution in [0.4, 0.5) is 5.69 Å². The first kappa shape index (κ1) is 30.4. The predicted molar refractivity (Wildman–Crippen MR) is 158 cm³/mol. The molecule has 12 heteroatoms. The lowest BCUT2D eigenvalue weighted by Crippen LogP contribution is -2.36. The summed E-state index contributed by atoms with van der Waals surface area (Å²) in [6.45, 7) is 12.6. The SMILES string of the molecule is Cc1ccc(C(=O)Nc2c(C)cc(C)c(-c3nnc4cc(C(C)(C)C)[nH]n34)c2C)cc1S(=O)(=O)N(CCO)CCO. The van der Waals surface area contributed by atoms with E-state index < -0.39 is 29.1 Å². The molecule has 2 aromatic carbocycles. The summed E-state index contributed by atoms with van der Waals surface area (Å²) in [5, 5.41) is 33.9. The number of nitrogens with one attached hydrogen (secondary N) is 2. The molecule has 2 heterocycles. The summed E-state index contributed by atoms with van der Waals surface area (Å²) in [7, 11) is -4.06. The van der Waals surface area contributed by atoms with Crippen LogP contribution in [-0.2, 0) is 15.4 Å². The Kier molecular flexibility index (Phi) is 8.42. The summed E-state index contributed by atoms with van der Waals surface area (Å²) in [6, 6.07) is 8.42. The average Bonchev–Trinajstić information content (AvgIpc) is 3.48. The molecule has 4 rings (SSSR count). The molecule has 0 bridgehead atoms. The van der Waals surface area contributed by atoms with Gasteiger partial charge in [-0.15, -0.1) is 10.2 Å². The first-order valence-electron chi connectivity index (χ1n) is 13.4. The van der Waals surface area contributed by atoms with E-state index in [0.717, 1.165) is 32.3 Å². The van der Waals surface area contributed by atoms with Crippen LogP contribution < -0.4 is 5.32 Å². The quantitative estimate of drug-likeness (QED) is 0.236. The number of nitrogens with zero attached hydrogens (tertiary/aromatic N) is 4. The Bertz CT molecular complexity index is 1710. The summed E-state index contributed by atoms with van der Waals surface area (Å²) in [5.74, 6) is 0.150. The van der Waals surface area contributed by atoms with Crippen LogP contribution in [0.1, 0.15) is 59.1 Å². The van der Waals surface area contributed by atoms with Gasteiger partial charge >= 0.3 is 0 Å². The summed E-state index contributed by atoms with van der Waals surface area (Å²) >= 11 is 0. The number of hydrogen-bond donors (Lipinski definition) is 4. The van der Waals surface area contributed by atoms with Gasteiger partial charge in [0.1, 0.15) is 0 Å². The van der Waals surface area contributed by atoms with E-state index in [1.54, 1.807) is 19.1 Å². The maximum Gasteiger partial charge on any atom is 0.255 e. The number of carbonyl (C=O) groups excluding carboxylic acids is 1. The van der Waals surface area contributed by atoms with Gasteiger partial charge in [0.15, 0.2) is 11.5 Å². The van der Waals surface area contributed by atoms with Crippen LogP contribution in [0, 0.1) is 27.7 Å². The molecule has 0 unspecified atom stereocenters. The average molecular weight is 583 g/mol. The van der Waals surface area contributed by atoms with Gasteiger partial charge in [-0.25, -0.2) is 12.9 Å². The van der Waals surface area contributed by atoms with Crippen LogP contribution in [0.2, 0.25) is 0 Å². The van der Waals surface area contributed by atoms with Crippen molar-refractivity contribution in [2.45, 2.75) is 58.8 Å². The lowest BCUT2D eigenvalue weighted by Gasteiger charge is -2.22. The maximum absolute atomic E-state index is 13.5. The van der Waals surface area contributed by atoms with E-state index >= 15 is 0 Å². The number of aromatic nitrogens is 4. The summed E-state index contributed by atoms with van der Waals surface area (Å²) in [5.41, 5.74) is 6.25. The Morgan fingerprint density at radius 3 is 2.24 bits per heavy atom. The number of aliphatic hydroxyl groups excluding tert-OH is 2. The number of sulfonamides is 1. The van der Waals surface area contributed by atoms with E-state index in [2.05, 4.69) is 41.4 Å².